The Kier molecular flexibility index (Phi) is 6.84. The van der Waals surface area contributed by atoms with Gasteiger partial charge in [-0.1, -0.05) is 13.0 Å². The molecule has 1 unspecified atom stereocenters. The Hall–Kier alpha value is -1.93. The molecule has 0 aliphatic carbocycles. The first kappa shape index (κ1) is 19.8. The Balaban J connectivity index is 1.46. The van der Waals surface area contributed by atoms with Gasteiger partial charge in [-0.25, -0.2) is 4.79 Å². The largest absolute Gasteiger partial charge is 0.354 e. The minimum atomic E-state index is -0.363. The molecule has 3 rings (SSSR count). The fraction of sp³-hybridized carbons (Fsp3) is 0.632. The molecule has 4 amide bonds. The molecular formula is C19H28N4O3S. The zero-order valence-electron chi connectivity index (χ0n) is 15.8. The number of likely N-dealkylation sites (tertiary alicyclic amines) is 1. The molecule has 2 saturated heterocycles. The molecule has 7 nitrogen and oxygen atoms in total. The van der Waals surface area contributed by atoms with E-state index < -0.39 is 0 Å². The molecule has 0 aromatic carbocycles. The summed E-state index contributed by atoms with van der Waals surface area (Å²) >= 11 is 1.73. The molecule has 2 aliphatic rings. The maximum atomic E-state index is 12.3. The summed E-state index contributed by atoms with van der Waals surface area (Å²) in [6.45, 7) is 5.36. The third kappa shape index (κ3) is 5.29. The molecule has 8 heteroatoms. The predicted octanol–water partition coefficient (Wildman–Crippen LogP) is 1.97. The van der Waals surface area contributed by atoms with Gasteiger partial charge in [0.25, 0.3) is 0 Å². The van der Waals surface area contributed by atoms with E-state index in [1.807, 2.05) is 0 Å². The lowest BCUT2D eigenvalue weighted by Gasteiger charge is -2.36. The first-order valence-corrected chi connectivity index (χ1v) is 10.5. The van der Waals surface area contributed by atoms with Crippen LogP contribution in [0, 0.1) is 5.92 Å². The summed E-state index contributed by atoms with van der Waals surface area (Å²) in [4.78, 5) is 40.2. The van der Waals surface area contributed by atoms with Crippen LogP contribution in [0.3, 0.4) is 0 Å². The highest BCUT2D eigenvalue weighted by molar-refractivity contribution is 7.10. The number of urea groups is 1. The van der Waals surface area contributed by atoms with Crippen molar-refractivity contribution >= 4 is 29.2 Å². The average Bonchev–Trinajstić information content (AvgIpc) is 3.29. The maximum absolute atomic E-state index is 12.3. The van der Waals surface area contributed by atoms with Crippen LogP contribution >= 0.6 is 11.3 Å². The van der Waals surface area contributed by atoms with Gasteiger partial charge in [-0.15, -0.1) is 11.3 Å². The highest BCUT2D eigenvalue weighted by Gasteiger charge is 2.28. The van der Waals surface area contributed by atoms with E-state index in [4.69, 9.17) is 0 Å². The van der Waals surface area contributed by atoms with Crippen molar-refractivity contribution in [3.8, 4) is 0 Å². The average molecular weight is 393 g/mol. The SMILES string of the molecule is CC1CCN(C(CNC(=O)CCCN2C(=O)CNC2=O)c2cccs2)CC1. The maximum Gasteiger partial charge on any atom is 0.324 e. The number of hydrogen-bond acceptors (Lipinski definition) is 5. The van der Waals surface area contributed by atoms with Gasteiger partial charge in [0.15, 0.2) is 0 Å². The first-order valence-electron chi connectivity index (χ1n) is 9.67. The van der Waals surface area contributed by atoms with Crippen LogP contribution in [0.2, 0.25) is 0 Å². The summed E-state index contributed by atoms with van der Waals surface area (Å²) in [6.07, 6.45) is 3.19. The Morgan fingerprint density at radius 3 is 2.78 bits per heavy atom. The van der Waals surface area contributed by atoms with Crippen LogP contribution in [0.15, 0.2) is 17.5 Å². The second-order valence-electron chi connectivity index (χ2n) is 7.36. The van der Waals surface area contributed by atoms with Crippen molar-refractivity contribution in [3.05, 3.63) is 22.4 Å². The molecule has 1 aromatic heterocycles. The summed E-state index contributed by atoms with van der Waals surface area (Å²) in [5, 5.41) is 7.61. The summed E-state index contributed by atoms with van der Waals surface area (Å²) < 4.78 is 0. The lowest BCUT2D eigenvalue weighted by molar-refractivity contribution is -0.126. The number of nitrogens with zero attached hydrogens (tertiary/aromatic N) is 2. The van der Waals surface area contributed by atoms with E-state index in [1.54, 1.807) is 11.3 Å². The fourth-order valence-electron chi connectivity index (χ4n) is 3.61. The lowest BCUT2D eigenvalue weighted by Crippen LogP contribution is -2.41. The van der Waals surface area contributed by atoms with Gasteiger partial charge in [0, 0.05) is 24.4 Å². The second kappa shape index (κ2) is 9.32. The van der Waals surface area contributed by atoms with Gasteiger partial charge in [-0.3, -0.25) is 19.4 Å². The Labute approximate surface area is 164 Å². The predicted molar refractivity (Wildman–Crippen MR) is 104 cm³/mol. The lowest BCUT2D eigenvalue weighted by atomic mass is 9.97. The van der Waals surface area contributed by atoms with Crippen LogP contribution in [0.1, 0.15) is 43.5 Å². The summed E-state index contributed by atoms with van der Waals surface area (Å²) in [6, 6.07) is 4.04. The molecule has 2 fully saturated rings. The molecule has 0 spiro atoms. The zero-order chi connectivity index (χ0) is 19.2. The molecule has 2 N–H and O–H groups in total. The molecule has 27 heavy (non-hydrogen) atoms. The minimum Gasteiger partial charge on any atom is -0.354 e. The highest BCUT2D eigenvalue weighted by Crippen LogP contribution is 2.29. The van der Waals surface area contributed by atoms with Crippen LogP contribution in [-0.2, 0) is 9.59 Å². The molecule has 1 aromatic rings. The van der Waals surface area contributed by atoms with Crippen molar-refractivity contribution in [2.45, 2.75) is 38.6 Å². The summed E-state index contributed by atoms with van der Waals surface area (Å²) in [5.41, 5.74) is 0. The molecule has 2 aliphatic heterocycles. The number of imide groups is 1. The van der Waals surface area contributed by atoms with Crippen LogP contribution in [0.5, 0.6) is 0 Å². The fourth-order valence-corrected chi connectivity index (χ4v) is 4.47. The van der Waals surface area contributed by atoms with E-state index in [0.717, 1.165) is 19.0 Å². The van der Waals surface area contributed by atoms with E-state index in [9.17, 15) is 14.4 Å². The number of carbonyl (C=O) groups excluding carboxylic acids is 3. The normalized spacial score (nSPS) is 20.0. The number of carbonyl (C=O) groups is 3. The monoisotopic (exact) mass is 392 g/mol. The van der Waals surface area contributed by atoms with Crippen LogP contribution in [0.25, 0.3) is 0 Å². The highest BCUT2D eigenvalue weighted by atomic mass is 32.1. The van der Waals surface area contributed by atoms with Gasteiger partial charge in [-0.05, 0) is 49.7 Å². The summed E-state index contributed by atoms with van der Waals surface area (Å²) in [5.74, 6) is 0.511. The van der Waals surface area contributed by atoms with Crippen molar-refractivity contribution in [2.24, 2.45) is 5.92 Å². The topological polar surface area (TPSA) is 81.8 Å². The number of amides is 4. The summed E-state index contributed by atoms with van der Waals surface area (Å²) in [7, 11) is 0. The molecule has 0 bridgehead atoms. The van der Waals surface area contributed by atoms with Gasteiger partial charge >= 0.3 is 6.03 Å². The van der Waals surface area contributed by atoms with E-state index in [-0.39, 0.29) is 37.0 Å². The van der Waals surface area contributed by atoms with E-state index >= 15 is 0 Å². The first-order chi connectivity index (χ1) is 13.0. The van der Waals surface area contributed by atoms with E-state index in [0.29, 0.717) is 19.4 Å². The van der Waals surface area contributed by atoms with Crippen LogP contribution in [0.4, 0.5) is 4.79 Å². The Morgan fingerprint density at radius 2 is 2.15 bits per heavy atom. The molecule has 1 atom stereocenters. The van der Waals surface area contributed by atoms with E-state index in [2.05, 4.69) is 40.0 Å². The molecular weight excluding hydrogens is 364 g/mol. The third-order valence-corrected chi connectivity index (χ3v) is 6.32. The number of piperidine rings is 1. The molecule has 3 heterocycles. The number of hydrogen-bond donors (Lipinski definition) is 2. The van der Waals surface area contributed by atoms with Crippen molar-refractivity contribution < 1.29 is 14.4 Å². The quantitative estimate of drug-likeness (QED) is 0.663. The van der Waals surface area contributed by atoms with Crippen molar-refractivity contribution in [1.29, 1.82) is 0 Å². The number of nitrogens with one attached hydrogen (secondary N) is 2. The van der Waals surface area contributed by atoms with Crippen molar-refractivity contribution in [1.82, 2.24) is 20.4 Å². The van der Waals surface area contributed by atoms with Crippen LogP contribution in [-0.4, -0.2) is 60.4 Å². The van der Waals surface area contributed by atoms with Gasteiger partial charge in [-0.2, -0.15) is 0 Å². The Bertz CT molecular complexity index is 640. The van der Waals surface area contributed by atoms with Gasteiger partial charge in [0.2, 0.25) is 11.8 Å². The molecule has 0 radical (unpaired) electrons. The Morgan fingerprint density at radius 1 is 1.37 bits per heavy atom. The standard InChI is InChI=1S/C19H28N4O3S/c1-14-6-9-22(10-7-14)15(16-4-3-11-27-16)12-20-17(24)5-2-8-23-18(25)13-21-19(23)26/h3-4,11,14-15H,2,5-10,12-13H2,1H3,(H,20,24)(H,21,26). The van der Waals surface area contributed by atoms with Crippen molar-refractivity contribution in [2.75, 3.05) is 32.7 Å². The molecule has 0 saturated carbocycles. The van der Waals surface area contributed by atoms with Gasteiger partial charge in [0.1, 0.15) is 0 Å². The van der Waals surface area contributed by atoms with Crippen LogP contribution < -0.4 is 10.6 Å². The number of thiophene rings is 1. The third-order valence-electron chi connectivity index (χ3n) is 5.35. The van der Waals surface area contributed by atoms with Crippen molar-refractivity contribution in [3.63, 3.8) is 0 Å². The smallest absolute Gasteiger partial charge is 0.324 e. The second-order valence-corrected chi connectivity index (χ2v) is 8.34. The van der Waals surface area contributed by atoms with E-state index in [1.165, 1.54) is 22.6 Å². The zero-order valence-corrected chi connectivity index (χ0v) is 16.6. The number of rotatable bonds is 8. The minimum absolute atomic E-state index is 0.0333. The van der Waals surface area contributed by atoms with Gasteiger partial charge < -0.3 is 10.6 Å². The van der Waals surface area contributed by atoms with Gasteiger partial charge in [0.05, 0.1) is 12.6 Å². The molecule has 148 valence electrons.